The van der Waals surface area contributed by atoms with Gasteiger partial charge in [0.1, 0.15) is 11.8 Å². The van der Waals surface area contributed by atoms with Crippen molar-refractivity contribution < 1.29 is 24.2 Å². The van der Waals surface area contributed by atoms with Crippen molar-refractivity contribution in [1.29, 1.82) is 0 Å². The maximum Gasteiger partial charge on any atom is 0.356 e. The van der Waals surface area contributed by atoms with Gasteiger partial charge in [0.25, 0.3) is 5.91 Å². The Labute approximate surface area is 138 Å². The summed E-state index contributed by atoms with van der Waals surface area (Å²) >= 11 is 0. The summed E-state index contributed by atoms with van der Waals surface area (Å²) in [6.45, 7) is 2.03. The van der Waals surface area contributed by atoms with Gasteiger partial charge in [0.05, 0.1) is 26.0 Å². The van der Waals surface area contributed by atoms with E-state index in [1.54, 1.807) is 26.2 Å². The van der Waals surface area contributed by atoms with Crippen LogP contribution in [0.2, 0.25) is 0 Å². The van der Waals surface area contributed by atoms with Crippen molar-refractivity contribution in [1.82, 2.24) is 15.3 Å². The van der Waals surface area contributed by atoms with Crippen LogP contribution in [0.15, 0.2) is 36.7 Å². The molecule has 2 rings (SSSR count). The number of ether oxygens (including phenoxy) is 2. The second-order valence-corrected chi connectivity index (χ2v) is 4.88. The summed E-state index contributed by atoms with van der Waals surface area (Å²) in [5, 5.41) is 11.4. The highest BCUT2D eigenvalue weighted by atomic mass is 16.5. The summed E-state index contributed by atoms with van der Waals surface area (Å²) in [5.41, 5.74) is -0.191. The first-order valence-corrected chi connectivity index (χ1v) is 7.14. The number of carbonyl (C=O) groups is 2. The highest BCUT2D eigenvalue weighted by molar-refractivity contribution is 5.92. The fourth-order valence-electron chi connectivity index (χ4n) is 1.86. The Morgan fingerprint density at radius 3 is 2.38 bits per heavy atom. The zero-order chi connectivity index (χ0) is 17.5. The highest BCUT2D eigenvalue weighted by Crippen LogP contribution is 2.26. The first-order chi connectivity index (χ1) is 11.5. The first-order valence-electron chi connectivity index (χ1n) is 7.14. The molecule has 1 atom stereocenters. The van der Waals surface area contributed by atoms with Gasteiger partial charge in [0, 0.05) is 0 Å². The van der Waals surface area contributed by atoms with Crippen LogP contribution >= 0.6 is 0 Å². The molecule has 0 bridgehead atoms. The number of hydrogen-bond donors (Lipinski definition) is 2. The third-order valence-corrected chi connectivity index (χ3v) is 3.05. The Morgan fingerprint density at radius 2 is 1.79 bits per heavy atom. The molecule has 0 aliphatic rings. The molecule has 24 heavy (non-hydrogen) atoms. The Hall–Kier alpha value is -3.16. The minimum absolute atomic E-state index is 0.0319. The number of carboxylic acids is 1. The van der Waals surface area contributed by atoms with Gasteiger partial charge in [-0.15, -0.1) is 0 Å². The lowest BCUT2D eigenvalue weighted by molar-refractivity contribution is 0.0689. The molecule has 1 aromatic heterocycles. The van der Waals surface area contributed by atoms with Gasteiger partial charge in [0.2, 0.25) is 0 Å². The van der Waals surface area contributed by atoms with Crippen LogP contribution in [0.1, 0.15) is 27.9 Å². The molecule has 0 spiro atoms. The molecule has 1 aromatic carbocycles. The van der Waals surface area contributed by atoms with Gasteiger partial charge in [-0.25, -0.2) is 14.8 Å². The van der Waals surface area contributed by atoms with Crippen LogP contribution in [0, 0.1) is 0 Å². The van der Waals surface area contributed by atoms with E-state index in [0.717, 1.165) is 12.4 Å². The lowest BCUT2D eigenvalue weighted by Gasteiger charge is -2.17. The Balaban J connectivity index is 1.90. The maximum atomic E-state index is 12.0. The lowest BCUT2D eigenvalue weighted by Crippen LogP contribution is -2.34. The van der Waals surface area contributed by atoms with Gasteiger partial charge in [0.15, 0.2) is 17.2 Å². The molecule has 8 nitrogen and oxygen atoms in total. The SMILES string of the molecule is COc1ccccc1OC(C)CNC(=O)c1cnc(C(=O)O)cn1. The number of nitrogens with one attached hydrogen (secondary N) is 1. The standard InChI is InChI=1S/C16H17N3O5/c1-10(24-14-6-4-3-5-13(14)23-2)7-19-15(20)11-8-18-12(9-17-11)16(21)22/h3-6,8-10H,7H2,1-2H3,(H,19,20)(H,21,22). The molecule has 1 unspecified atom stereocenters. The minimum Gasteiger partial charge on any atom is -0.493 e. The van der Waals surface area contributed by atoms with E-state index in [9.17, 15) is 9.59 Å². The number of hydrogen-bond acceptors (Lipinski definition) is 6. The number of carbonyl (C=O) groups excluding carboxylic acids is 1. The number of para-hydroxylation sites is 2. The van der Waals surface area contributed by atoms with Crippen LogP contribution in [0.3, 0.4) is 0 Å². The van der Waals surface area contributed by atoms with Gasteiger partial charge in [-0.1, -0.05) is 12.1 Å². The largest absolute Gasteiger partial charge is 0.493 e. The fraction of sp³-hybridized carbons (Fsp3) is 0.250. The number of aromatic nitrogens is 2. The average Bonchev–Trinajstić information content (AvgIpc) is 2.60. The monoisotopic (exact) mass is 331 g/mol. The van der Waals surface area contributed by atoms with Crippen LogP contribution in [-0.2, 0) is 0 Å². The van der Waals surface area contributed by atoms with Crippen LogP contribution in [0.25, 0.3) is 0 Å². The average molecular weight is 331 g/mol. The van der Waals surface area contributed by atoms with E-state index in [0.29, 0.717) is 11.5 Å². The fourth-order valence-corrected chi connectivity index (χ4v) is 1.86. The van der Waals surface area contributed by atoms with E-state index in [2.05, 4.69) is 15.3 Å². The summed E-state index contributed by atoms with van der Waals surface area (Å²) in [6, 6.07) is 7.20. The Bertz CT molecular complexity index is 718. The topological polar surface area (TPSA) is 111 Å². The normalized spacial score (nSPS) is 11.4. The van der Waals surface area contributed by atoms with Crippen molar-refractivity contribution in [2.24, 2.45) is 0 Å². The number of nitrogens with zero attached hydrogens (tertiary/aromatic N) is 2. The predicted molar refractivity (Wildman–Crippen MR) is 84.4 cm³/mol. The Kier molecular flexibility index (Phi) is 5.67. The van der Waals surface area contributed by atoms with E-state index in [1.807, 2.05) is 12.1 Å². The highest BCUT2D eigenvalue weighted by Gasteiger charge is 2.13. The molecule has 0 radical (unpaired) electrons. The third-order valence-electron chi connectivity index (χ3n) is 3.05. The molecule has 1 amide bonds. The van der Waals surface area contributed by atoms with Gasteiger partial charge in [-0.3, -0.25) is 4.79 Å². The van der Waals surface area contributed by atoms with E-state index >= 15 is 0 Å². The summed E-state index contributed by atoms with van der Waals surface area (Å²) in [6.07, 6.45) is 1.84. The number of amides is 1. The van der Waals surface area contributed by atoms with Crippen LogP contribution in [0.5, 0.6) is 11.5 Å². The molecule has 0 fully saturated rings. The van der Waals surface area contributed by atoms with Gasteiger partial charge >= 0.3 is 5.97 Å². The quantitative estimate of drug-likeness (QED) is 0.788. The summed E-state index contributed by atoms with van der Waals surface area (Å²) in [4.78, 5) is 30.1. The maximum absolute atomic E-state index is 12.0. The summed E-state index contributed by atoms with van der Waals surface area (Å²) in [5.74, 6) is -0.485. The second-order valence-electron chi connectivity index (χ2n) is 4.88. The van der Waals surface area contributed by atoms with E-state index in [-0.39, 0.29) is 24.0 Å². The van der Waals surface area contributed by atoms with Crippen molar-refractivity contribution in [3.8, 4) is 11.5 Å². The van der Waals surface area contributed by atoms with E-state index < -0.39 is 11.9 Å². The first kappa shape index (κ1) is 17.2. The zero-order valence-electron chi connectivity index (χ0n) is 13.2. The van der Waals surface area contributed by atoms with Crippen molar-refractivity contribution >= 4 is 11.9 Å². The molecule has 126 valence electrons. The molecule has 0 saturated carbocycles. The number of carboxylic acid groups (broad SMARTS) is 1. The van der Waals surface area contributed by atoms with Crippen LogP contribution in [0.4, 0.5) is 0 Å². The van der Waals surface area contributed by atoms with Crippen LogP contribution < -0.4 is 14.8 Å². The number of benzene rings is 1. The van der Waals surface area contributed by atoms with E-state index in [1.165, 1.54) is 0 Å². The summed E-state index contributed by atoms with van der Waals surface area (Å²) < 4.78 is 10.9. The Morgan fingerprint density at radius 1 is 1.17 bits per heavy atom. The van der Waals surface area contributed by atoms with Crippen molar-refractivity contribution in [2.45, 2.75) is 13.0 Å². The van der Waals surface area contributed by atoms with Gasteiger partial charge in [-0.05, 0) is 19.1 Å². The van der Waals surface area contributed by atoms with Crippen LogP contribution in [-0.4, -0.2) is 46.7 Å². The molecule has 0 saturated heterocycles. The minimum atomic E-state index is -1.20. The van der Waals surface area contributed by atoms with Crippen molar-refractivity contribution in [3.05, 3.63) is 48.0 Å². The lowest BCUT2D eigenvalue weighted by atomic mass is 10.3. The van der Waals surface area contributed by atoms with Crippen molar-refractivity contribution in [2.75, 3.05) is 13.7 Å². The smallest absolute Gasteiger partial charge is 0.356 e. The molecular formula is C16H17N3O5. The molecule has 1 heterocycles. The summed E-state index contributed by atoms with van der Waals surface area (Å²) in [7, 11) is 1.55. The van der Waals surface area contributed by atoms with Gasteiger partial charge in [-0.2, -0.15) is 0 Å². The second kappa shape index (κ2) is 7.91. The molecule has 0 aliphatic carbocycles. The zero-order valence-corrected chi connectivity index (χ0v) is 13.2. The number of methoxy groups -OCH3 is 1. The van der Waals surface area contributed by atoms with Gasteiger partial charge < -0.3 is 19.9 Å². The molecule has 8 heteroatoms. The number of aromatic carboxylic acids is 1. The molecule has 2 N–H and O–H groups in total. The molecule has 2 aromatic rings. The molecule has 0 aliphatic heterocycles. The third kappa shape index (κ3) is 4.42. The predicted octanol–water partition coefficient (Wildman–Crippen LogP) is 1.38. The van der Waals surface area contributed by atoms with Crippen molar-refractivity contribution in [3.63, 3.8) is 0 Å². The number of rotatable bonds is 7. The molecular weight excluding hydrogens is 314 g/mol. The van der Waals surface area contributed by atoms with E-state index in [4.69, 9.17) is 14.6 Å².